The zero-order valence-corrected chi connectivity index (χ0v) is 10.2. The van der Waals surface area contributed by atoms with Crippen molar-refractivity contribution >= 4 is 23.1 Å². The molecule has 0 saturated carbocycles. The summed E-state index contributed by atoms with van der Waals surface area (Å²) >= 11 is 1.86. The van der Waals surface area contributed by atoms with Crippen LogP contribution in [0.3, 0.4) is 0 Å². The Kier molecular flexibility index (Phi) is 2.18. The second kappa shape index (κ2) is 3.56. The van der Waals surface area contributed by atoms with Crippen LogP contribution in [0.25, 0.3) is 0 Å². The van der Waals surface area contributed by atoms with Gasteiger partial charge in [0.15, 0.2) is 0 Å². The number of hydrogen-bond acceptors (Lipinski definition) is 2. The first kappa shape index (κ1) is 9.79. The number of hydrogen-bond donors (Lipinski definition) is 1. The largest absolute Gasteiger partial charge is 0.354 e. The quantitative estimate of drug-likeness (QED) is 0.606. The molecule has 16 heavy (non-hydrogen) atoms. The third-order valence-corrected chi connectivity index (χ3v) is 4.13. The average molecular weight is 227 g/mol. The van der Waals surface area contributed by atoms with Crippen LogP contribution >= 0.6 is 11.8 Å². The van der Waals surface area contributed by atoms with Gasteiger partial charge in [-0.3, -0.25) is 0 Å². The van der Waals surface area contributed by atoms with Crippen molar-refractivity contribution in [1.29, 1.82) is 0 Å². The summed E-state index contributed by atoms with van der Waals surface area (Å²) in [6, 6.07) is 12.9. The highest BCUT2D eigenvalue weighted by atomic mass is 32.2. The second-order valence-electron chi connectivity index (χ2n) is 4.18. The first-order valence-electron chi connectivity index (χ1n) is 5.39. The molecule has 80 valence electrons. The highest BCUT2D eigenvalue weighted by Gasteiger charge is 2.16. The van der Waals surface area contributed by atoms with E-state index in [0.29, 0.717) is 0 Å². The van der Waals surface area contributed by atoms with Gasteiger partial charge in [0.1, 0.15) is 0 Å². The van der Waals surface area contributed by atoms with E-state index >= 15 is 0 Å². The van der Waals surface area contributed by atoms with E-state index in [1.165, 1.54) is 32.3 Å². The lowest BCUT2D eigenvalue weighted by atomic mass is 10.2. The maximum absolute atomic E-state index is 3.49. The van der Waals surface area contributed by atoms with Crippen LogP contribution in [-0.4, -0.2) is 0 Å². The number of benzene rings is 2. The lowest BCUT2D eigenvalue weighted by Gasteiger charge is -2.22. The van der Waals surface area contributed by atoms with Gasteiger partial charge in [-0.2, -0.15) is 0 Å². The first-order valence-corrected chi connectivity index (χ1v) is 6.21. The van der Waals surface area contributed by atoms with Crippen molar-refractivity contribution in [2.24, 2.45) is 0 Å². The predicted octanol–water partition coefficient (Wildman–Crippen LogP) is 4.51. The molecule has 0 atom stereocenters. The molecule has 0 amide bonds. The fraction of sp³-hybridized carbons (Fsp3) is 0.143. The van der Waals surface area contributed by atoms with Crippen molar-refractivity contribution in [3.63, 3.8) is 0 Å². The predicted molar refractivity (Wildman–Crippen MR) is 69.8 cm³/mol. The summed E-state index contributed by atoms with van der Waals surface area (Å²) in [5, 5.41) is 3.49. The Balaban J connectivity index is 2.13. The maximum atomic E-state index is 3.49. The molecule has 0 saturated heterocycles. The molecule has 0 aromatic heterocycles. The summed E-state index contributed by atoms with van der Waals surface area (Å²) in [5.74, 6) is 0. The molecule has 0 fully saturated rings. The molecular weight excluding hydrogens is 214 g/mol. The number of rotatable bonds is 0. The summed E-state index contributed by atoms with van der Waals surface area (Å²) < 4.78 is 0. The molecule has 0 radical (unpaired) electrons. The van der Waals surface area contributed by atoms with E-state index in [4.69, 9.17) is 0 Å². The molecule has 0 spiro atoms. The summed E-state index contributed by atoms with van der Waals surface area (Å²) in [6.07, 6.45) is 0. The van der Waals surface area contributed by atoms with Crippen LogP contribution in [0.1, 0.15) is 11.1 Å². The van der Waals surface area contributed by atoms with Gasteiger partial charge in [-0.1, -0.05) is 30.0 Å². The Morgan fingerprint density at radius 2 is 1.88 bits per heavy atom. The number of aryl methyl sites for hydroxylation is 2. The third kappa shape index (κ3) is 1.50. The van der Waals surface area contributed by atoms with Crippen molar-refractivity contribution in [2.45, 2.75) is 23.6 Å². The molecule has 2 heteroatoms. The lowest BCUT2D eigenvalue weighted by Crippen LogP contribution is -2.00. The van der Waals surface area contributed by atoms with Gasteiger partial charge < -0.3 is 5.32 Å². The number of fused-ring (bicyclic) bond motifs is 2. The minimum Gasteiger partial charge on any atom is -0.354 e. The molecule has 0 bridgehead atoms. The molecule has 0 unspecified atom stereocenters. The van der Waals surface area contributed by atoms with Crippen molar-refractivity contribution in [3.05, 3.63) is 47.5 Å². The second-order valence-corrected chi connectivity index (χ2v) is 5.23. The molecule has 2 aromatic carbocycles. The van der Waals surface area contributed by atoms with Gasteiger partial charge in [0, 0.05) is 9.79 Å². The smallest absolute Gasteiger partial charge is 0.0529 e. The highest BCUT2D eigenvalue weighted by Crippen LogP contribution is 2.45. The van der Waals surface area contributed by atoms with Crippen molar-refractivity contribution in [2.75, 3.05) is 5.32 Å². The molecule has 0 aliphatic carbocycles. The van der Waals surface area contributed by atoms with Crippen molar-refractivity contribution < 1.29 is 0 Å². The van der Waals surface area contributed by atoms with Crippen molar-refractivity contribution in [3.8, 4) is 0 Å². The lowest BCUT2D eigenvalue weighted by molar-refractivity contribution is 1.24. The number of nitrogens with one attached hydrogen (secondary N) is 1. The van der Waals surface area contributed by atoms with Gasteiger partial charge >= 0.3 is 0 Å². The van der Waals surface area contributed by atoms with Crippen LogP contribution in [0.4, 0.5) is 11.4 Å². The molecular formula is C14H13NS. The van der Waals surface area contributed by atoms with E-state index in [9.17, 15) is 0 Å². The topological polar surface area (TPSA) is 12.0 Å². The summed E-state index contributed by atoms with van der Waals surface area (Å²) in [7, 11) is 0. The molecule has 1 N–H and O–H groups in total. The molecule has 1 aliphatic heterocycles. The van der Waals surface area contributed by atoms with E-state index in [1.54, 1.807) is 0 Å². The third-order valence-electron chi connectivity index (χ3n) is 2.83. The first-order chi connectivity index (χ1) is 7.74. The van der Waals surface area contributed by atoms with Crippen LogP contribution in [0.15, 0.2) is 46.2 Å². The number of anilines is 2. The Labute approximate surface area is 99.9 Å². The highest BCUT2D eigenvalue weighted by molar-refractivity contribution is 7.99. The molecule has 1 aliphatic rings. The van der Waals surface area contributed by atoms with Gasteiger partial charge in [-0.15, -0.1) is 0 Å². The Hall–Kier alpha value is -1.41. The van der Waals surface area contributed by atoms with Crippen LogP contribution in [-0.2, 0) is 0 Å². The van der Waals surface area contributed by atoms with Gasteiger partial charge in [0.25, 0.3) is 0 Å². The van der Waals surface area contributed by atoms with Gasteiger partial charge in [-0.25, -0.2) is 0 Å². The fourth-order valence-corrected chi connectivity index (χ4v) is 3.11. The monoisotopic (exact) mass is 227 g/mol. The molecule has 3 rings (SSSR count). The average Bonchev–Trinajstić information content (AvgIpc) is 2.28. The molecule has 1 heterocycles. The minimum atomic E-state index is 1.22. The molecule has 2 aromatic rings. The Morgan fingerprint density at radius 1 is 1.00 bits per heavy atom. The van der Waals surface area contributed by atoms with Crippen molar-refractivity contribution in [1.82, 2.24) is 0 Å². The maximum Gasteiger partial charge on any atom is 0.0529 e. The zero-order valence-electron chi connectivity index (χ0n) is 9.37. The normalized spacial score (nSPS) is 12.6. The van der Waals surface area contributed by atoms with E-state index in [0.717, 1.165) is 0 Å². The van der Waals surface area contributed by atoms with Gasteiger partial charge in [0.05, 0.1) is 11.4 Å². The summed E-state index contributed by atoms with van der Waals surface area (Å²) in [5.41, 5.74) is 5.09. The van der Waals surface area contributed by atoms with Crippen LogP contribution < -0.4 is 5.32 Å². The summed E-state index contributed by atoms with van der Waals surface area (Å²) in [6.45, 7) is 4.29. The van der Waals surface area contributed by atoms with E-state index in [-0.39, 0.29) is 0 Å². The zero-order chi connectivity index (χ0) is 11.1. The van der Waals surface area contributed by atoms with E-state index in [1.807, 2.05) is 11.8 Å². The Bertz CT molecular complexity index is 561. The SMILES string of the molecule is Cc1ccc2c(c1)Sc1c(C)cccc1N2. The fourth-order valence-electron chi connectivity index (χ4n) is 1.96. The van der Waals surface area contributed by atoms with Gasteiger partial charge in [0.2, 0.25) is 0 Å². The van der Waals surface area contributed by atoms with Crippen LogP contribution in [0.2, 0.25) is 0 Å². The Morgan fingerprint density at radius 3 is 2.75 bits per heavy atom. The standard InChI is InChI=1S/C14H13NS/c1-9-6-7-11-13(8-9)16-14-10(2)4-3-5-12(14)15-11/h3-8,15H,1-2H3. The van der Waals surface area contributed by atoms with E-state index in [2.05, 4.69) is 55.6 Å². The van der Waals surface area contributed by atoms with Crippen LogP contribution in [0, 0.1) is 13.8 Å². The van der Waals surface area contributed by atoms with Gasteiger partial charge in [-0.05, 0) is 43.2 Å². The summed E-state index contributed by atoms with van der Waals surface area (Å²) in [4.78, 5) is 2.67. The van der Waals surface area contributed by atoms with E-state index < -0.39 is 0 Å². The minimum absolute atomic E-state index is 1.22. The molecule has 1 nitrogen and oxygen atoms in total. The van der Waals surface area contributed by atoms with Crippen LogP contribution in [0.5, 0.6) is 0 Å².